The Morgan fingerprint density at radius 2 is 2.19 bits per heavy atom. The lowest BCUT2D eigenvalue weighted by Gasteiger charge is -2.10. The van der Waals surface area contributed by atoms with E-state index in [0.29, 0.717) is 24.8 Å². The van der Waals surface area contributed by atoms with Crippen LogP contribution in [0, 0.1) is 5.92 Å². The summed E-state index contributed by atoms with van der Waals surface area (Å²) in [5.41, 5.74) is 0.948. The van der Waals surface area contributed by atoms with Crippen molar-refractivity contribution in [1.82, 2.24) is 14.9 Å². The Morgan fingerprint density at radius 3 is 2.96 bits per heavy atom. The van der Waals surface area contributed by atoms with E-state index >= 15 is 0 Å². The van der Waals surface area contributed by atoms with E-state index < -0.39 is 0 Å². The van der Waals surface area contributed by atoms with Crippen LogP contribution in [-0.4, -0.2) is 48.1 Å². The molecule has 0 aliphatic rings. The number of amides is 1. The molecule has 1 amide bonds. The van der Waals surface area contributed by atoms with Crippen molar-refractivity contribution in [3.05, 3.63) is 36.7 Å². The molecule has 7 heteroatoms. The minimum absolute atomic E-state index is 0.0253. The van der Waals surface area contributed by atoms with E-state index in [2.05, 4.69) is 24.1 Å². The molecule has 142 valence electrons. The highest BCUT2D eigenvalue weighted by Gasteiger charge is 2.09. The molecule has 2 aromatic rings. The van der Waals surface area contributed by atoms with Crippen molar-refractivity contribution in [2.75, 3.05) is 32.6 Å². The largest absolute Gasteiger partial charge is 0.497 e. The first-order chi connectivity index (χ1) is 12.6. The third kappa shape index (κ3) is 6.72. The summed E-state index contributed by atoms with van der Waals surface area (Å²) in [6.07, 6.45) is 4.64. The number of hydrogen-bond acceptors (Lipinski definition) is 5. The summed E-state index contributed by atoms with van der Waals surface area (Å²) < 4.78 is 12.7. The van der Waals surface area contributed by atoms with Crippen LogP contribution >= 0.6 is 11.8 Å². The number of aromatic nitrogens is 2. The summed E-state index contributed by atoms with van der Waals surface area (Å²) >= 11 is 1.40. The van der Waals surface area contributed by atoms with Gasteiger partial charge in [0.15, 0.2) is 5.16 Å². The van der Waals surface area contributed by atoms with Crippen molar-refractivity contribution >= 4 is 17.7 Å². The van der Waals surface area contributed by atoms with Gasteiger partial charge in [0.2, 0.25) is 5.91 Å². The zero-order valence-electron chi connectivity index (χ0n) is 15.6. The van der Waals surface area contributed by atoms with Gasteiger partial charge in [0.25, 0.3) is 0 Å². The van der Waals surface area contributed by atoms with Crippen molar-refractivity contribution in [1.29, 1.82) is 0 Å². The molecule has 0 saturated heterocycles. The summed E-state index contributed by atoms with van der Waals surface area (Å²) in [7, 11) is 1.64. The average Bonchev–Trinajstić information content (AvgIpc) is 3.11. The van der Waals surface area contributed by atoms with E-state index in [1.807, 2.05) is 35.0 Å². The molecular formula is C19H27N3O3S. The van der Waals surface area contributed by atoms with Gasteiger partial charge in [0.1, 0.15) is 5.75 Å². The third-order valence-electron chi connectivity index (χ3n) is 3.68. The molecule has 1 heterocycles. The monoisotopic (exact) mass is 377 g/mol. The van der Waals surface area contributed by atoms with Crippen molar-refractivity contribution in [3.8, 4) is 11.4 Å². The quantitative estimate of drug-likeness (QED) is 0.481. The van der Waals surface area contributed by atoms with Crippen LogP contribution in [0.25, 0.3) is 5.69 Å². The number of thioether (sulfide) groups is 1. The van der Waals surface area contributed by atoms with Crippen LogP contribution in [0.5, 0.6) is 5.75 Å². The second-order valence-electron chi connectivity index (χ2n) is 6.21. The summed E-state index contributed by atoms with van der Waals surface area (Å²) in [5, 5.41) is 3.63. The van der Waals surface area contributed by atoms with Gasteiger partial charge in [-0.15, -0.1) is 0 Å². The van der Waals surface area contributed by atoms with E-state index in [4.69, 9.17) is 9.47 Å². The van der Waals surface area contributed by atoms with Gasteiger partial charge in [-0.05, 0) is 24.5 Å². The van der Waals surface area contributed by atoms with Crippen molar-refractivity contribution in [2.24, 2.45) is 5.92 Å². The molecule has 1 aromatic heterocycles. The van der Waals surface area contributed by atoms with Crippen LogP contribution in [0.4, 0.5) is 0 Å². The van der Waals surface area contributed by atoms with E-state index in [1.54, 1.807) is 13.3 Å². The second-order valence-corrected chi connectivity index (χ2v) is 7.16. The fourth-order valence-corrected chi connectivity index (χ4v) is 3.02. The normalized spacial score (nSPS) is 10.9. The first-order valence-electron chi connectivity index (χ1n) is 8.75. The van der Waals surface area contributed by atoms with Crippen LogP contribution in [-0.2, 0) is 9.53 Å². The van der Waals surface area contributed by atoms with E-state index in [1.165, 1.54) is 11.8 Å². The lowest BCUT2D eigenvalue weighted by Crippen LogP contribution is -2.29. The number of rotatable bonds is 11. The minimum atomic E-state index is -0.0253. The molecule has 1 aromatic carbocycles. The molecule has 0 saturated carbocycles. The summed E-state index contributed by atoms with van der Waals surface area (Å²) in [6.45, 7) is 6.14. The number of hydrogen-bond donors (Lipinski definition) is 1. The van der Waals surface area contributed by atoms with Gasteiger partial charge in [-0.1, -0.05) is 31.7 Å². The highest BCUT2D eigenvalue weighted by atomic mass is 32.2. The number of nitrogens with zero attached hydrogens (tertiary/aromatic N) is 2. The lowest BCUT2D eigenvalue weighted by molar-refractivity contribution is -0.118. The molecule has 0 unspecified atom stereocenters. The Balaban J connectivity index is 1.76. The maximum Gasteiger partial charge on any atom is 0.230 e. The minimum Gasteiger partial charge on any atom is -0.497 e. The molecule has 1 N–H and O–H groups in total. The van der Waals surface area contributed by atoms with Gasteiger partial charge in [-0.3, -0.25) is 9.36 Å². The highest BCUT2D eigenvalue weighted by Crippen LogP contribution is 2.22. The smallest absolute Gasteiger partial charge is 0.230 e. The van der Waals surface area contributed by atoms with Crippen LogP contribution < -0.4 is 10.1 Å². The number of nitrogens with one attached hydrogen (secondary N) is 1. The van der Waals surface area contributed by atoms with Crippen LogP contribution in [0.2, 0.25) is 0 Å². The number of carbonyl (C=O) groups excluding carboxylic acids is 1. The van der Waals surface area contributed by atoms with E-state index in [-0.39, 0.29) is 5.91 Å². The highest BCUT2D eigenvalue weighted by molar-refractivity contribution is 7.99. The SMILES string of the molecule is COc1cccc(-n2ccnc2SCC(=O)NCCOCCC(C)C)c1. The van der Waals surface area contributed by atoms with Crippen molar-refractivity contribution in [2.45, 2.75) is 25.4 Å². The topological polar surface area (TPSA) is 65.4 Å². The predicted molar refractivity (Wildman–Crippen MR) is 104 cm³/mol. The molecule has 0 atom stereocenters. The summed E-state index contributed by atoms with van der Waals surface area (Å²) in [6, 6.07) is 7.72. The Labute approximate surface area is 159 Å². The molecule has 0 radical (unpaired) electrons. The van der Waals surface area contributed by atoms with E-state index in [0.717, 1.165) is 29.6 Å². The first kappa shape index (κ1) is 20.3. The maximum absolute atomic E-state index is 12.0. The Hall–Kier alpha value is -1.99. The van der Waals surface area contributed by atoms with Crippen LogP contribution in [0.1, 0.15) is 20.3 Å². The van der Waals surface area contributed by atoms with Gasteiger partial charge >= 0.3 is 0 Å². The fraction of sp³-hybridized carbons (Fsp3) is 0.474. The Morgan fingerprint density at radius 1 is 1.35 bits per heavy atom. The lowest BCUT2D eigenvalue weighted by atomic mass is 10.1. The van der Waals surface area contributed by atoms with Gasteiger partial charge in [-0.2, -0.15) is 0 Å². The average molecular weight is 378 g/mol. The number of methoxy groups -OCH3 is 1. The zero-order valence-corrected chi connectivity index (χ0v) is 16.4. The standard InChI is InChI=1S/C19H27N3O3S/c1-15(2)7-11-25-12-9-20-18(23)14-26-19-21-8-10-22(19)16-5-4-6-17(13-16)24-3/h4-6,8,10,13,15H,7,9,11-12,14H2,1-3H3,(H,20,23). The third-order valence-corrected chi connectivity index (χ3v) is 4.65. The molecule has 0 fully saturated rings. The maximum atomic E-state index is 12.0. The van der Waals surface area contributed by atoms with Gasteiger partial charge in [-0.25, -0.2) is 4.98 Å². The molecular weight excluding hydrogens is 350 g/mol. The van der Waals surface area contributed by atoms with Crippen molar-refractivity contribution in [3.63, 3.8) is 0 Å². The van der Waals surface area contributed by atoms with E-state index in [9.17, 15) is 4.79 Å². The number of carbonyl (C=O) groups is 1. The summed E-state index contributed by atoms with van der Waals surface area (Å²) in [5.74, 6) is 1.70. The molecule has 2 rings (SSSR count). The first-order valence-corrected chi connectivity index (χ1v) is 9.73. The number of ether oxygens (including phenoxy) is 2. The van der Waals surface area contributed by atoms with Gasteiger partial charge in [0.05, 0.1) is 25.2 Å². The van der Waals surface area contributed by atoms with Gasteiger partial charge < -0.3 is 14.8 Å². The molecule has 0 aliphatic heterocycles. The molecule has 0 bridgehead atoms. The van der Waals surface area contributed by atoms with Crippen molar-refractivity contribution < 1.29 is 14.3 Å². The number of imidazole rings is 1. The number of benzene rings is 1. The molecule has 0 spiro atoms. The second kappa shape index (κ2) is 10.9. The molecule has 0 aliphatic carbocycles. The van der Waals surface area contributed by atoms with Crippen LogP contribution in [0.3, 0.4) is 0 Å². The van der Waals surface area contributed by atoms with Crippen LogP contribution in [0.15, 0.2) is 41.8 Å². The van der Waals surface area contributed by atoms with Gasteiger partial charge in [0, 0.05) is 31.6 Å². The Bertz CT molecular complexity index is 688. The zero-order chi connectivity index (χ0) is 18.8. The predicted octanol–water partition coefficient (Wildman–Crippen LogP) is 3.15. The Kier molecular flexibility index (Phi) is 8.50. The summed E-state index contributed by atoms with van der Waals surface area (Å²) in [4.78, 5) is 16.3. The molecule has 6 nitrogen and oxygen atoms in total. The molecule has 26 heavy (non-hydrogen) atoms. The fourth-order valence-electron chi connectivity index (χ4n) is 2.22.